The van der Waals surface area contributed by atoms with Crippen molar-refractivity contribution >= 4 is 0 Å². The Morgan fingerprint density at radius 2 is 2.00 bits per heavy atom. The van der Waals surface area contributed by atoms with E-state index in [0.717, 1.165) is 32.6 Å². The lowest BCUT2D eigenvalue weighted by atomic mass is 10.0. The van der Waals surface area contributed by atoms with Gasteiger partial charge in [0.25, 0.3) is 0 Å². The Balaban J connectivity index is 2.12. The molecule has 1 aliphatic rings. The summed E-state index contributed by atoms with van der Waals surface area (Å²) in [6.45, 7) is 8.24. The van der Waals surface area contributed by atoms with Gasteiger partial charge in [0.1, 0.15) is 0 Å². The zero-order chi connectivity index (χ0) is 16.2. The van der Waals surface area contributed by atoms with Crippen LogP contribution in [0.5, 0.6) is 0 Å². The summed E-state index contributed by atoms with van der Waals surface area (Å²) in [7, 11) is 0. The fraction of sp³-hybridized carbons (Fsp3) is 0.647. The van der Waals surface area contributed by atoms with Gasteiger partial charge in [0.2, 0.25) is 0 Å². The van der Waals surface area contributed by atoms with E-state index in [9.17, 15) is 13.2 Å². The molecule has 1 fully saturated rings. The van der Waals surface area contributed by atoms with Crippen LogP contribution in [0.2, 0.25) is 0 Å². The van der Waals surface area contributed by atoms with Crippen LogP contribution in [0.3, 0.4) is 0 Å². The van der Waals surface area contributed by atoms with Crippen molar-refractivity contribution in [1.29, 1.82) is 0 Å². The minimum Gasteiger partial charge on any atom is -0.316 e. The van der Waals surface area contributed by atoms with E-state index in [1.165, 1.54) is 12.1 Å². The Morgan fingerprint density at radius 1 is 1.27 bits per heavy atom. The van der Waals surface area contributed by atoms with Gasteiger partial charge in [-0.3, -0.25) is 4.90 Å². The Hall–Kier alpha value is -1.07. The van der Waals surface area contributed by atoms with Crippen molar-refractivity contribution in [1.82, 2.24) is 10.2 Å². The SMILES string of the molecule is CC(C)CN(Cc1ccccc1C(F)(F)F)CC1CCNC1. The summed E-state index contributed by atoms with van der Waals surface area (Å²) in [6.07, 6.45) is -3.18. The maximum atomic E-state index is 13.1. The Kier molecular flexibility index (Phi) is 5.87. The molecule has 0 amide bonds. The minimum absolute atomic E-state index is 0.365. The Labute approximate surface area is 130 Å². The first kappa shape index (κ1) is 17.3. The molecule has 1 heterocycles. The summed E-state index contributed by atoms with van der Waals surface area (Å²) in [5, 5.41) is 3.32. The van der Waals surface area contributed by atoms with Gasteiger partial charge in [-0.05, 0) is 43.0 Å². The van der Waals surface area contributed by atoms with Gasteiger partial charge in [-0.15, -0.1) is 0 Å². The average Bonchev–Trinajstić information content (AvgIpc) is 2.90. The molecule has 1 unspecified atom stereocenters. The molecule has 2 nitrogen and oxygen atoms in total. The zero-order valence-corrected chi connectivity index (χ0v) is 13.3. The van der Waals surface area contributed by atoms with Crippen LogP contribution in [0.4, 0.5) is 13.2 Å². The first-order valence-electron chi connectivity index (χ1n) is 7.94. The molecule has 1 aromatic carbocycles. The molecule has 0 saturated carbocycles. The standard InChI is InChI=1S/C17H25F3N2/c1-13(2)10-22(11-14-7-8-21-9-14)12-15-5-3-4-6-16(15)17(18,19)20/h3-6,13-14,21H,7-12H2,1-2H3. The van der Waals surface area contributed by atoms with Gasteiger partial charge in [-0.2, -0.15) is 13.2 Å². The van der Waals surface area contributed by atoms with Crippen LogP contribution in [0, 0.1) is 11.8 Å². The summed E-state index contributed by atoms with van der Waals surface area (Å²) in [4.78, 5) is 2.17. The van der Waals surface area contributed by atoms with E-state index in [-0.39, 0.29) is 0 Å². The van der Waals surface area contributed by atoms with Crippen LogP contribution < -0.4 is 5.32 Å². The third-order valence-electron chi connectivity index (χ3n) is 4.02. The van der Waals surface area contributed by atoms with E-state index in [0.29, 0.717) is 23.9 Å². The van der Waals surface area contributed by atoms with E-state index >= 15 is 0 Å². The van der Waals surface area contributed by atoms with Gasteiger partial charge in [0.05, 0.1) is 5.56 Å². The van der Waals surface area contributed by atoms with Crippen molar-refractivity contribution < 1.29 is 13.2 Å². The number of benzene rings is 1. The maximum absolute atomic E-state index is 13.1. The first-order valence-corrected chi connectivity index (χ1v) is 7.94. The monoisotopic (exact) mass is 314 g/mol. The Morgan fingerprint density at radius 3 is 2.59 bits per heavy atom. The topological polar surface area (TPSA) is 15.3 Å². The molecule has 0 radical (unpaired) electrons. The molecule has 124 valence electrons. The van der Waals surface area contributed by atoms with Crippen molar-refractivity contribution in [3.63, 3.8) is 0 Å². The summed E-state index contributed by atoms with van der Waals surface area (Å²) >= 11 is 0. The second-order valence-electron chi connectivity index (χ2n) is 6.60. The second-order valence-corrected chi connectivity index (χ2v) is 6.60. The smallest absolute Gasteiger partial charge is 0.316 e. The largest absolute Gasteiger partial charge is 0.416 e. The van der Waals surface area contributed by atoms with Gasteiger partial charge in [0.15, 0.2) is 0 Å². The van der Waals surface area contributed by atoms with Crippen molar-refractivity contribution in [3.05, 3.63) is 35.4 Å². The Bertz CT molecular complexity index is 465. The lowest BCUT2D eigenvalue weighted by molar-refractivity contribution is -0.138. The quantitative estimate of drug-likeness (QED) is 0.860. The molecule has 0 aliphatic carbocycles. The van der Waals surface area contributed by atoms with Crippen LogP contribution in [0.15, 0.2) is 24.3 Å². The molecular weight excluding hydrogens is 289 g/mol. The number of alkyl halides is 3. The van der Waals surface area contributed by atoms with Crippen LogP contribution in [0.25, 0.3) is 0 Å². The van der Waals surface area contributed by atoms with Crippen LogP contribution in [0.1, 0.15) is 31.4 Å². The van der Waals surface area contributed by atoms with Crippen LogP contribution in [-0.4, -0.2) is 31.1 Å². The third kappa shape index (κ3) is 4.99. The number of nitrogens with one attached hydrogen (secondary N) is 1. The molecule has 1 saturated heterocycles. The molecule has 0 bridgehead atoms. The van der Waals surface area contributed by atoms with Crippen molar-refractivity contribution in [3.8, 4) is 0 Å². The fourth-order valence-corrected chi connectivity index (χ4v) is 3.13. The lowest BCUT2D eigenvalue weighted by Crippen LogP contribution is -2.33. The van der Waals surface area contributed by atoms with Crippen molar-refractivity contribution in [2.45, 2.75) is 33.0 Å². The van der Waals surface area contributed by atoms with Crippen molar-refractivity contribution in [2.24, 2.45) is 11.8 Å². The predicted octanol–water partition coefficient (Wildman–Crippen LogP) is 3.77. The highest BCUT2D eigenvalue weighted by molar-refractivity contribution is 5.29. The predicted molar refractivity (Wildman–Crippen MR) is 82.5 cm³/mol. The lowest BCUT2D eigenvalue weighted by Gasteiger charge is -2.28. The molecular formula is C17H25F3N2. The molecule has 0 spiro atoms. The number of nitrogens with zero attached hydrogens (tertiary/aromatic N) is 1. The average molecular weight is 314 g/mol. The summed E-state index contributed by atoms with van der Waals surface area (Å²) < 4.78 is 39.4. The van der Waals surface area contributed by atoms with E-state index in [4.69, 9.17) is 0 Å². The molecule has 1 aromatic rings. The first-order chi connectivity index (χ1) is 10.4. The summed E-state index contributed by atoms with van der Waals surface area (Å²) in [5.41, 5.74) is -0.130. The normalized spacial score (nSPS) is 19.3. The minimum atomic E-state index is -4.28. The number of hydrogen-bond acceptors (Lipinski definition) is 2. The fourth-order valence-electron chi connectivity index (χ4n) is 3.13. The zero-order valence-electron chi connectivity index (χ0n) is 13.3. The van der Waals surface area contributed by atoms with Gasteiger partial charge in [-0.1, -0.05) is 32.0 Å². The molecule has 22 heavy (non-hydrogen) atoms. The molecule has 1 aliphatic heterocycles. The highest BCUT2D eigenvalue weighted by Gasteiger charge is 2.33. The van der Waals surface area contributed by atoms with Crippen molar-refractivity contribution in [2.75, 3.05) is 26.2 Å². The van der Waals surface area contributed by atoms with Gasteiger partial charge >= 0.3 is 6.18 Å². The molecule has 5 heteroatoms. The molecule has 2 rings (SSSR count). The van der Waals surface area contributed by atoms with Gasteiger partial charge in [-0.25, -0.2) is 0 Å². The van der Waals surface area contributed by atoms with Gasteiger partial charge < -0.3 is 5.32 Å². The molecule has 1 atom stereocenters. The number of rotatable bonds is 6. The summed E-state index contributed by atoms with van der Waals surface area (Å²) in [5.74, 6) is 0.976. The number of halogens is 3. The van der Waals surface area contributed by atoms with E-state index in [1.54, 1.807) is 12.1 Å². The summed E-state index contributed by atoms with van der Waals surface area (Å²) in [6, 6.07) is 5.93. The number of hydrogen-bond donors (Lipinski definition) is 1. The van der Waals surface area contributed by atoms with Crippen LogP contribution >= 0.6 is 0 Å². The van der Waals surface area contributed by atoms with Crippen LogP contribution in [-0.2, 0) is 12.7 Å². The van der Waals surface area contributed by atoms with E-state index < -0.39 is 11.7 Å². The maximum Gasteiger partial charge on any atom is 0.416 e. The molecule has 0 aromatic heterocycles. The highest BCUT2D eigenvalue weighted by atomic mass is 19.4. The van der Waals surface area contributed by atoms with E-state index in [1.807, 2.05) is 0 Å². The second kappa shape index (κ2) is 7.47. The third-order valence-corrected chi connectivity index (χ3v) is 4.02. The van der Waals surface area contributed by atoms with Gasteiger partial charge in [0, 0.05) is 19.6 Å². The highest BCUT2D eigenvalue weighted by Crippen LogP contribution is 2.32. The van der Waals surface area contributed by atoms with E-state index in [2.05, 4.69) is 24.1 Å². The molecule has 1 N–H and O–H groups in total.